The molecule has 0 rings (SSSR count). The maximum Gasteiger partial charge on any atom is 0.311 e. The quantitative estimate of drug-likeness (QED) is 0.389. The van der Waals surface area contributed by atoms with E-state index >= 15 is 0 Å². The fraction of sp³-hybridized carbons (Fsp3) is 0.889. The Kier molecular flexibility index (Phi) is 14.1. The molecule has 0 saturated heterocycles. The van der Waals surface area contributed by atoms with Gasteiger partial charge in [0, 0.05) is 13.1 Å². The minimum Gasteiger partial charge on any atom is -0.361 e. The van der Waals surface area contributed by atoms with Crippen LogP contribution in [-0.4, -0.2) is 29.8 Å². The van der Waals surface area contributed by atoms with E-state index in [9.17, 15) is 9.59 Å². The third-order valence-corrected chi connectivity index (χ3v) is 4.06. The van der Waals surface area contributed by atoms with Crippen LogP contribution >= 0.6 is 0 Å². The summed E-state index contributed by atoms with van der Waals surface area (Å²) in [5.41, 5.74) is 5.15. The first-order valence-electron chi connectivity index (χ1n) is 9.22. The number of carbonyl (C=O) groups excluding carboxylic acids is 2. The van der Waals surface area contributed by atoms with Gasteiger partial charge < -0.3 is 10.6 Å². The van der Waals surface area contributed by atoms with Crippen molar-refractivity contribution in [3.8, 4) is 0 Å². The standard InChI is InChI=1S/C18H36N2O2/c1-3-5-7-9-11-13-15-20(18(22)17(19)21)16-14-12-10-8-6-4-2/h3-16H2,1-2H3,(H2,19,21). The number of nitrogens with zero attached hydrogens (tertiary/aromatic N) is 1. The number of amides is 2. The second-order valence-electron chi connectivity index (χ2n) is 6.19. The van der Waals surface area contributed by atoms with Gasteiger partial charge in [0.1, 0.15) is 0 Å². The molecule has 0 aliphatic carbocycles. The van der Waals surface area contributed by atoms with Crippen molar-refractivity contribution in [3.63, 3.8) is 0 Å². The average molecular weight is 312 g/mol. The molecule has 2 N–H and O–H groups in total. The smallest absolute Gasteiger partial charge is 0.311 e. The summed E-state index contributed by atoms with van der Waals surface area (Å²) in [6.45, 7) is 5.74. The predicted octanol–water partition coefficient (Wildman–Crippen LogP) is 4.02. The average Bonchev–Trinajstić information content (AvgIpc) is 2.51. The normalized spacial score (nSPS) is 10.6. The monoisotopic (exact) mass is 312 g/mol. The van der Waals surface area contributed by atoms with Crippen LogP contribution in [-0.2, 0) is 9.59 Å². The van der Waals surface area contributed by atoms with Crippen LogP contribution in [0.3, 0.4) is 0 Å². The molecule has 0 aromatic carbocycles. The van der Waals surface area contributed by atoms with E-state index in [2.05, 4.69) is 13.8 Å². The summed E-state index contributed by atoms with van der Waals surface area (Å²) >= 11 is 0. The van der Waals surface area contributed by atoms with E-state index < -0.39 is 11.8 Å². The summed E-state index contributed by atoms with van der Waals surface area (Å²) in [4.78, 5) is 24.6. The molecule has 0 atom stereocenters. The van der Waals surface area contributed by atoms with Gasteiger partial charge in [-0.25, -0.2) is 0 Å². The molecule has 22 heavy (non-hydrogen) atoms. The molecule has 0 aromatic heterocycles. The number of rotatable bonds is 14. The van der Waals surface area contributed by atoms with Crippen molar-refractivity contribution < 1.29 is 9.59 Å². The lowest BCUT2D eigenvalue weighted by Gasteiger charge is -2.21. The minimum absolute atomic E-state index is 0.512. The lowest BCUT2D eigenvalue weighted by atomic mass is 10.1. The number of primary amides is 1. The van der Waals surface area contributed by atoms with Gasteiger partial charge in [-0.1, -0.05) is 78.1 Å². The highest BCUT2D eigenvalue weighted by molar-refractivity contribution is 6.34. The molecule has 0 radical (unpaired) electrons. The molecule has 0 bridgehead atoms. The second kappa shape index (κ2) is 14.9. The largest absolute Gasteiger partial charge is 0.361 e. The molecular formula is C18H36N2O2. The molecule has 130 valence electrons. The Bertz CT molecular complexity index is 277. The number of unbranched alkanes of at least 4 members (excludes halogenated alkanes) is 10. The minimum atomic E-state index is -0.822. The summed E-state index contributed by atoms with van der Waals surface area (Å²) in [7, 11) is 0. The maximum absolute atomic E-state index is 11.8. The topological polar surface area (TPSA) is 63.4 Å². The second-order valence-corrected chi connectivity index (χ2v) is 6.19. The summed E-state index contributed by atoms with van der Waals surface area (Å²) in [6.07, 6.45) is 14.2. The van der Waals surface area contributed by atoms with Gasteiger partial charge in [-0.05, 0) is 12.8 Å². The van der Waals surface area contributed by atoms with E-state index in [4.69, 9.17) is 5.73 Å². The Hall–Kier alpha value is -1.06. The first-order chi connectivity index (χ1) is 10.6. The molecular weight excluding hydrogens is 276 g/mol. The zero-order valence-corrected chi connectivity index (χ0v) is 14.7. The van der Waals surface area contributed by atoms with Crippen molar-refractivity contribution in [2.45, 2.75) is 90.9 Å². The number of hydrogen-bond acceptors (Lipinski definition) is 2. The van der Waals surface area contributed by atoms with Crippen molar-refractivity contribution >= 4 is 11.8 Å². The van der Waals surface area contributed by atoms with Crippen LogP contribution < -0.4 is 5.73 Å². The van der Waals surface area contributed by atoms with Crippen LogP contribution in [0.4, 0.5) is 0 Å². The Labute approximate surface area is 136 Å². The van der Waals surface area contributed by atoms with E-state index in [0.717, 1.165) is 25.7 Å². The first kappa shape index (κ1) is 20.9. The SMILES string of the molecule is CCCCCCCCN(CCCCCCCC)C(=O)C(N)=O. The van der Waals surface area contributed by atoms with Gasteiger partial charge in [-0.2, -0.15) is 0 Å². The third-order valence-electron chi connectivity index (χ3n) is 4.06. The lowest BCUT2D eigenvalue weighted by molar-refractivity contribution is -0.144. The fourth-order valence-electron chi connectivity index (χ4n) is 2.64. The highest BCUT2D eigenvalue weighted by Crippen LogP contribution is 2.09. The molecule has 4 heteroatoms. The third kappa shape index (κ3) is 11.6. The maximum atomic E-state index is 11.8. The summed E-state index contributed by atoms with van der Waals surface area (Å²) < 4.78 is 0. The Morgan fingerprint density at radius 2 is 1.05 bits per heavy atom. The zero-order valence-electron chi connectivity index (χ0n) is 14.7. The molecule has 0 heterocycles. The molecule has 4 nitrogen and oxygen atoms in total. The molecule has 0 spiro atoms. The van der Waals surface area contributed by atoms with Crippen LogP contribution in [0, 0.1) is 0 Å². The highest BCUT2D eigenvalue weighted by Gasteiger charge is 2.17. The van der Waals surface area contributed by atoms with Crippen molar-refractivity contribution in [2.24, 2.45) is 5.73 Å². The van der Waals surface area contributed by atoms with Gasteiger partial charge in [-0.3, -0.25) is 9.59 Å². The Balaban J connectivity index is 3.90. The van der Waals surface area contributed by atoms with E-state index in [-0.39, 0.29) is 0 Å². The van der Waals surface area contributed by atoms with Crippen LogP contribution in [0.15, 0.2) is 0 Å². The predicted molar refractivity (Wildman–Crippen MR) is 92.5 cm³/mol. The summed E-state index contributed by atoms with van der Waals surface area (Å²) in [5.74, 6) is -1.33. The summed E-state index contributed by atoms with van der Waals surface area (Å²) in [6, 6.07) is 0. The summed E-state index contributed by atoms with van der Waals surface area (Å²) in [5, 5.41) is 0. The van der Waals surface area contributed by atoms with Crippen LogP contribution in [0.1, 0.15) is 90.9 Å². The van der Waals surface area contributed by atoms with Gasteiger partial charge >= 0.3 is 11.8 Å². The van der Waals surface area contributed by atoms with Crippen LogP contribution in [0.5, 0.6) is 0 Å². The van der Waals surface area contributed by atoms with E-state index in [1.54, 1.807) is 4.90 Å². The van der Waals surface area contributed by atoms with Gasteiger partial charge in [0.2, 0.25) is 0 Å². The van der Waals surface area contributed by atoms with Gasteiger partial charge in [-0.15, -0.1) is 0 Å². The Morgan fingerprint density at radius 1 is 0.682 bits per heavy atom. The molecule has 0 saturated carbocycles. The molecule has 2 amide bonds. The molecule has 0 unspecified atom stereocenters. The number of hydrogen-bond donors (Lipinski definition) is 1. The zero-order chi connectivity index (χ0) is 16.6. The number of carbonyl (C=O) groups is 2. The highest BCUT2D eigenvalue weighted by atomic mass is 16.2. The van der Waals surface area contributed by atoms with Crippen molar-refractivity contribution in [1.82, 2.24) is 4.90 Å². The van der Waals surface area contributed by atoms with Gasteiger partial charge in [0.15, 0.2) is 0 Å². The first-order valence-corrected chi connectivity index (χ1v) is 9.22. The van der Waals surface area contributed by atoms with Crippen LogP contribution in [0.25, 0.3) is 0 Å². The van der Waals surface area contributed by atoms with Crippen molar-refractivity contribution in [2.75, 3.05) is 13.1 Å². The molecule has 0 fully saturated rings. The Morgan fingerprint density at radius 3 is 1.41 bits per heavy atom. The van der Waals surface area contributed by atoms with Crippen molar-refractivity contribution in [3.05, 3.63) is 0 Å². The van der Waals surface area contributed by atoms with Gasteiger partial charge in [0.05, 0.1) is 0 Å². The van der Waals surface area contributed by atoms with Crippen molar-refractivity contribution in [1.29, 1.82) is 0 Å². The molecule has 0 aliphatic heterocycles. The molecule has 0 aliphatic rings. The fourth-order valence-corrected chi connectivity index (χ4v) is 2.64. The van der Waals surface area contributed by atoms with E-state index in [1.807, 2.05) is 0 Å². The lowest BCUT2D eigenvalue weighted by Crippen LogP contribution is -2.41. The van der Waals surface area contributed by atoms with Crippen LogP contribution in [0.2, 0.25) is 0 Å². The van der Waals surface area contributed by atoms with E-state index in [1.165, 1.54) is 51.4 Å². The van der Waals surface area contributed by atoms with E-state index in [0.29, 0.717) is 13.1 Å². The molecule has 0 aromatic rings. The number of nitrogens with two attached hydrogens (primary N) is 1. The van der Waals surface area contributed by atoms with Gasteiger partial charge in [0.25, 0.3) is 0 Å².